The van der Waals surface area contributed by atoms with Crippen LogP contribution < -0.4 is 0 Å². The number of nitrogens with zero attached hydrogens (tertiary/aromatic N) is 1. The average molecular weight is 196 g/mol. The second-order valence-corrected chi connectivity index (χ2v) is 2.40. The van der Waals surface area contributed by atoms with E-state index in [2.05, 4.69) is 4.98 Å². The fourth-order valence-electron chi connectivity index (χ4n) is 0.692. The van der Waals surface area contributed by atoms with Gasteiger partial charge in [-0.15, -0.1) is 11.6 Å². The summed E-state index contributed by atoms with van der Waals surface area (Å²) in [6, 6.07) is 0.697. The van der Waals surface area contributed by atoms with Crippen LogP contribution in [0.25, 0.3) is 0 Å². The van der Waals surface area contributed by atoms with Gasteiger partial charge in [0.15, 0.2) is 0 Å². The van der Waals surface area contributed by atoms with E-state index in [4.69, 9.17) is 11.6 Å². The zero-order valence-corrected chi connectivity index (χ0v) is 6.65. The van der Waals surface area contributed by atoms with Crippen molar-refractivity contribution >= 4 is 11.6 Å². The second kappa shape index (κ2) is 3.76. The molecule has 0 saturated carbocycles. The maximum Gasteiger partial charge on any atom is 0.280 e. The molecule has 0 atom stereocenters. The monoisotopic (exact) mass is 195 g/mol. The first-order valence-corrected chi connectivity index (χ1v) is 3.67. The van der Waals surface area contributed by atoms with E-state index in [1.165, 1.54) is 0 Å². The van der Waals surface area contributed by atoms with Crippen LogP contribution >= 0.6 is 11.6 Å². The van der Waals surface area contributed by atoms with Crippen LogP contribution in [0.2, 0.25) is 0 Å². The highest BCUT2D eigenvalue weighted by Crippen LogP contribution is 2.18. The van der Waals surface area contributed by atoms with Crippen molar-refractivity contribution in [3.8, 4) is 0 Å². The van der Waals surface area contributed by atoms with Crippen LogP contribution in [0.3, 0.4) is 0 Å². The van der Waals surface area contributed by atoms with Crippen molar-refractivity contribution < 1.29 is 13.2 Å². The van der Waals surface area contributed by atoms with Gasteiger partial charge in [-0.3, -0.25) is 4.98 Å². The van der Waals surface area contributed by atoms with Gasteiger partial charge >= 0.3 is 0 Å². The summed E-state index contributed by atoms with van der Waals surface area (Å²) in [6.45, 7) is 0. The number of hydrogen-bond donors (Lipinski definition) is 0. The highest BCUT2D eigenvalue weighted by Gasteiger charge is 2.11. The number of pyridine rings is 1. The Balaban J connectivity index is 3.02. The molecule has 1 aromatic heterocycles. The lowest BCUT2D eigenvalue weighted by atomic mass is 10.2. The third-order valence-electron chi connectivity index (χ3n) is 1.32. The Hall–Kier alpha value is -0.770. The van der Waals surface area contributed by atoms with Crippen molar-refractivity contribution in [1.29, 1.82) is 0 Å². The largest absolute Gasteiger partial charge is 0.280 e. The van der Waals surface area contributed by atoms with Crippen molar-refractivity contribution in [2.75, 3.05) is 0 Å². The molecule has 1 rings (SSSR count). The van der Waals surface area contributed by atoms with Crippen LogP contribution in [0.5, 0.6) is 0 Å². The molecule has 1 nitrogen and oxygen atoms in total. The predicted octanol–water partition coefficient (Wildman–Crippen LogP) is 2.90. The first kappa shape index (κ1) is 9.32. The molecule has 0 saturated heterocycles. The molecule has 0 N–H and O–H groups in total. The predicted molar refractivity (Wildman–Crippen MR) is 38.7 cm³/mol. The van der Waals surface area contributed by atoms with Gasteiger partial charge in [0, 0.05) is 17.8 Å². The van der Waals surface area contributed by atoms with Crippen LogP contribution in [0.1, 0.15) is 17.7 Å². The molecule has 0 amide bonds. The zero-order valence-electron chi connectivity index (χ0n) is 5.90. The van der Waals surface area contributed by atoms with E-state index in [0.717, 1.165) is 6.20 Å². The summed E-state index contributed by atoms with van der Waals surface area (Å²) in [5.41, 5.74) is -0.442. The van der Waals surface area contributed by atoms with Crippen LogP contribution in [-0.2, 0) is 5.88 Å². The van der Waals surface area contributed by atoms with Gasteiger partial charge in [-0.2, -0.15) is 0 Å². The first-order chi connectivity index (χ1) is 5.65. The number of hydrogen-bond acceptors (Lipinski definition) is 1. The standard InChI is InChI=1S/C7H5ClF3N/c8-2-4-3-12-6(7(10)11)1-5(4)9/h1,3,7H,2H2. The minimum Gasteiger partial charge on any atom is -0.255 e. The highest BCUT2D eigenvalue weighted by molar-refractivity contribution is 6.17. The van der Waals surface area contributed by atoms with Gasteiger partial charge in [0.05, 0.1) is 5.88 Å². The summed E-state index contributed by atoms with van der Waals surface area (Å²) >= 11 is 5.30. The molecule has 0 aliphatic rings. The molecule has 66 valence electrons. The summed E-state index contributed by atoms with van der Waals surface area (Å²) in [4.78, 5) is 3.34. The maximum absolute atomic E-state index is 12.8. The Morgan fingerprint density at radius 1 is 1.50 bits per heavy atom. The van der Waals surface area contributed by atoms with Crippen molar-refractivity contribution in [1.82, 2.24) is 4.98 Å². The zero-order chi connectivity index (χ0) is 9.14. The third kappa shape index (κ3) is 1.88. The molecule has 1 aromatic rings. The van der Waals surface area contributed by atoms with E-state index in [0.29, 0.717) is 6.07 Å². The summed E-state index contributed by atoms with van der Waals surface area (Å²) in [6.07, 6.45) is -1.73. The summed E-state index contributed by atoms with van der Waals surface area (Å²) in [5, 5.41) is 0. The van der Waals surface area contributed by atoms with Gasteiger partial charge in [0.25, 0.3) is 6.43 Å². The Labute approximate surface area is 72.2 Å². The average Bonchev–Trinajstić information content (AvgIpc) is 2.04. The van der Waals surface area contributed by atoms with Crippen LogP contribution in [0.15, 0.2) is 12.3 Å². The molecule has 12 heavy (non-hydrogen) atoms. The Kier molecular flexibility index (Phi) is 2.92. The Morgan fingerprint density at radius 2 is 2.17 bits per heavy atom. The molecule has 0 aliphatic heterocycles. The molecule has 0 fully saturated rings. The van der Waals surface area contributed by atoms with Gasteiger partial charge in [-0.25, -0.2) is 13.2 Å². The lowest BCUT2D eigenvalue weighted by Gasteiger charge is -2.00. The number of rotatable bonds is 2. The highest BCUT2D eigenvalue weighted by atomic mass is 35.5. The van der Waals surface area contributed by atoms with Crippen molar-refractivity contribution in [3.63, 3.8) is 0 Å². The van der Waals surface area contributed by atoms with Crippen molar-refractivity contribution in [2.24, 2.45) is 0 Å². The molecular formula is C7H5ClF3N. The number of aromatic nitrogens is 1. The fourth-order valence-corrected chi connectivity index (χ4v) is 0.888. The molecular weight excluding hydrogens is 191 g/mol. The summed E-state index contributed by atoms with van der Waals surface area (Å²) < 4.78 is 36.6. The lowest BCUT2D eigenvalue weighted by molar-refractivity contribution is 0.145. The van der Waals surface area contributed by atoms with Gasteiger partial charge < -0.3 is 0 Å². The van der Waals surface area contributed by atoms with E-state index in [9.17, 15) is 13.2 Å². The molecule has 1 heterocycles. The number of alkyl halides is 3. The van der Waals surface area contributed by atoms with Gasteiger partial charge in [-0.1, -0.05) is 0 Å². The lowest BCUT2D eigenvalue weighted by Crippen LogP contribution is -1.95. The SMILES string of the molecule is Fc1cc(C(F)F)ncc1CCl. The van der Waals surface area contributed by atoms with E-state index < -0.39 is 17.9 Å². The second-order valence-electron chi connectivity index (χ2n) is 2.13. The minimum atomic E-state index is -2.75. The van der Waals surface area contributed by atoms with E-state index in [1.54, 1.807) is 0 Å². The Morgan fingerprint density at radius 3 is 2.58 bits per heavy atom. The van der Waals surface area contributed by atoms with E-state index >= 15 is 0 Å². The molecule has 5 heteroatoms. The fraction of sp³-hybridized carbons (Fsp3) is 0.286. The van der Waals surface area contributed by atoms with Crippen LogP contribution in [-0.4, -0.2) is 4.98 Å². The van der Waals surface area contributed by atoms with Crippen LogP contribution in [0, 0.1) is 5.82 Å². The summed E-state index contributed by atoms with van der Waals surface area (Å²) in [7, 11) is 0. The summed E-state index contributed by atoms with van der Waals surface area (Å²) in [5.74, 6) is -0.808. The minimum absolute atomic E-state index is 0.0671. The van der Waals surface area contributed by atoms with E-state index in [-0.39, 0.29) is 11.4 Å². The molecule has 0 bridgehead atoms. The third-order valence-corrected chi connectivity index (χ3v) is 1.61. The Bertz CT molecular complexity index is 277. The van der Waals surface area contributed by atoms with E-state index in [1.807, 2.05) is 0 Å². The van der Waals surface area contributed by atoms with Gasteiger partial charge in [-0.05, 0) is 0 Å². The van der Waals surface area contributed by atoms with Crippen molar-refractivity contribution in [2.45, 2.75) is 12.3 Å². The van der Waals surface area contributed by atoms with Crippen LogP contribution in [0.4, 0.5) is 13.2 Å². The van der Waals surface area contributed by atoms with Crippen molar-refractivity contribution in [3.05, 3.63) is 29.3 Å². The topological polar surface area (TPSA) is 12.9 Å². The first-order valence-electron chi connectivity index (χ1n) is 3.13. The molecule has 0 aliphatic carbocycles. The smallest absolute Gasteiger partial charge is 0.255 e. The molecule has 0 unspecified atom stereocenters. The molecule has 0 spiro atoms. The quantitative estimate of drug-likeness (QED) is 0.662. The maximum atomic E-state index is 12.8. The van der Waals surface area contributed by atoms with Gasteiger partial charge in [0.1, 0.15) is 11.5 Å². The molecule has 0 radical (unpaired) electrons. The molecule has 0 aromatic carbocycles. The van der Waals surface area contributed by atoms with Gasteiger partial charge in [0.2, 0.25) is 0 Å². The normalized spacial score (nSPS) is 10.8. The number of halogens is 4.